The quantitative estimate of drug-likeness (QED) is 0.797. The van der Waals surface area contributed by atoms with Gasteiger partial charge in [0.1, 0.15) is 5.60 Å². The molecular weight excluding hydrogens is 218 g/mol. The number of primary amides is 1. The Morgan fingerprint density at radius 3 is 2.24 bits per heavy atom. The summed E-state index contributed by atoms with van der Waals surface area (Å²) in [5, 5.41) is 0. The van der Waals surface area contributed by atoms with Crippen molar-refractivity contribution < 1.29 is 14.3 Å². The normalized spacial score (nSPS) is 11.1. The number of carbonyl (C=O) groups excluding carboxylic acids is 2. The molecule has 0 radical (unpaired) electrons. The lowest BCUT2D eigenvalue weighted by Gasteiger charge is -2.20. The van der Waals surface area contributed by atoms with E-state index in [0.717, 1.165) is 0 Å². The molecule has 0 spiro atoms. The second-order valence-corrected chi connectivity index (χ2v) is 4.90. The molecule has 1 aromatic carbocycles. The van der Waals surface area contributed by atoms with E-state index in [-0.39, 0.29) is 0 Å². The molecule has 2 N–H and O–H groups in total. The van der Waals surface area contributed by atoms with Crippen LogP contribution in [-0.2, 0) is 4.74 Å². The number of hydrogen-bond acceptors (Lipinski definition) is 3. The molecule has 0 aliphatic carbocycles. The van der Waals surface area contributed by atoms with Gasteiger partial charge in [-0.2, -0.15) is 0 Å². The molecule has 0 bridgehead atoms. The van der Waals surface area contributed by atoms with Gasteiger partial charge in [0.15, 0.2) is 0 Å². The fourth-order valence-corrected chi connectivity index (χ4v) is 1.38. The van der Waals surface area contributed by atoms with Gasteiger partial charge < -0.3 is 10.5 Å². The van der Waals surface area contributed by atoms with Crippen molar-refractivity contribution in [2.45, 2.75) is 33.3 Å². The van der Waals surface area contributed by atoms with E-state index in [9.17, 15) is 9.59 Å². The summed E-state index contributed by atoms with van der Waals surface area (Å²) in [5.41, 5.74) is 6.13. The Labute approximate surface area is 101 Å². The zero-order valence-electron chi connectivity index (χ0n) is 10.5. The highest BCUT2D eigenvalue weighted by molar-refractivity contribution is 5.96. The molecule has 0 fully saturated rings. The highest BCUT2D eigenvalue weighted by Gasteiger charge is 2.19. The smallest absolute Gasteiger partial charge is 0.338 e. The maximum atomic E-state index is 11.8. The molecule has 0 unspecified atom stereocenters. The number of carbonyl (C=O) groups is 2. The Morgan fingerprint density at radius 2 is 1.82 bits per heavy atom. The second kappa shape index (κ2) is 4.57. The van der Waals surface area contributed by atoms with Crippen LogP contribution < -0.4 is 5.73 Å². The number of ether oxygens (including phenoxy) is 1. The maximum absolute atomic E-state index is 11.8. The Kier molecular flexibility index (Phi) is 3.56. The highest BCUT2D eigenvalue weighted by atomic mass is 16.6. The monoisotopic (exact) mass is 235 g/mol. The van der Waals surface area contributed by atoms with Gasteiger partial charge in [0.2, 0.25) is 5.91 Å². The number of rotatable bonds is 2. The third-order valence-electron chi connectivity index (χ3n) is 2.13. The lowest BCUT2D eigenvalue weighted by atomic mass is 10.0. The van der Waals surface area contributed by atoms with Crippen molar-refractivity contribution in [1.82, 2.24) is 0 Å². The zero-order valence-corrected chi connectivity index (χ0v) is 10.5. The van der Waals surface area contributed by atoms with Crippen LogP contribution in [0, 0.1) is 6.92 Å². The molecule has 4 nitrogen and oxygen atoms in total. The van der Waals surface area contributed by atoms with E-state index in [1.165, 1.54) is 6.07 Å². The molecule has 0 saturated heterocycles. The Balaban J connectivity index is 3.00. The lowest BCUT2D eigenvalue weighted by molar-refractivity contribution is 0.00686. The van der Waals surface area contributed by atoms with Crippen molar-refractivity contribution >= 4 is 11.9 Å². The third kappa shape index (κ3) is 3.59. The van der Waals surface area contributed by atoms with Gasteiger partial charge >= 0.3 is 5.97 Å². The van der Waals surface area contributed by atoms with Gasteiger partial charge in [-0.05, 0) is 51.5 Å². The summed E-state index contributed by atoms with van der Waals surface area (Å²) >= 11 is 0. The van der Waals surface area contributed by atoms with Gasteiger partial charge in [0.05, 0.1) is 5.56 Å². The molecule has 0 heterocycles. The first kappa shape index (κ1) is 13.2. The van der Waals surface area contributed by atoms with Gasteiger partial charge in [0.25, 0.3) is 0 Å². The number of benzene rings is 1. The Morgan fingerprint density at radius 1 is 1.24 bits per heavy atom. The fourth-order valence-electron chi connectivity index (χ4n) is 1.38. The zero-order chi connectivity index (χ0) is 13.2. The molecule has 1 aromatic rings. The summed E-state index contributed by atoms with van der Waals surface area (Å²) < 4.78 is 5.25. The molecule has 1 rings (SSSR count). The average molecular weight is 235 g/mol. The highest BCUT2D eigenvalue weighted by Crippen LogP contribution is 2.16. The molecule has 92 valence electrons. The van der Waals surface area contributed by atoms with Crippen LogP contribution in [0.15, 0.2) is 18.2 Å². The standard InChI is InChI=1S/C13H17NO3/c1-8-7-9(11(14)15)5-6-10(8)12(16)17-13(2,3)4/h5-7H,1-4H3,(H2,14,15). The summed E-state index contributed by atoms with van der Waals surface area (Å²) in [6.45, 7) is 7.15. The first-order chi connectivity index (χ1) is 7.70. The van der Waals surface area contributed by atoms with Crippen molar-refractivity contribution in [2.24, 2.45) is 5.73 Å². The van der Waals surface area contributed by atoms with Crippen LogP contribution in [0.4, 0.5) is 0 Å². The summed E-state index contributed by atoms with van der Waals surface area (Å²) in [6.07, 6.45) is 0. The second-order valence-electron chi connectivity index (χ2n) is 4.90. The van der Waals surface area contributed by atoms with Gasteiger partial charge in [0, 0.05) is 5.56 Å². The van der Waals surface area contributed by atoms with Crippen molar-refractivity contribution in [1.29, 1.82) is 0 Å². The molecule has 0 atom stereocenters. The SMILES string of the molecule is Cc1cc(C(N)=O)ccc1C(=O)OC(C)(C)C. The van der Waals surface area contributed by atoms with Crippen LogP contribution in [-0.4, -0.2) is 17.5 Å². The molecule has 17 heavy (non-hydrogen) atoms. The molecular formula is C13H17NO3. The minimum atomic E-state index is -0.536. The summed E-state index contributed by atoms with van der Waals surface area (Å²) in [7, 11) is 0. The third-order valence-corrected chi connectivity index (χ3v) is 2.13. The predicted octanol–water partition coefficient (Wildman–Crippen LogP) is 2.05. The first-order valence-corrected chi connectivity index (χ1v) is 5.34. The molecule has 0 aliphatic rings. The van der Waals surface area contributed by atoms with Crippen molar-refractivity contribution in [3.8, 4) is 0 Å². The number of amides is 1. The van der Waals surface area contributed by atoms with E-state index in [2.05, 4.69) is 0 Å². The Hall–Kier alpha value is -1.84. The maximum Gasteiger partial charge on any atom is 0.338 e. The number of aryl methyl sites for hydroxylation is 1. The van der Waals surface area contributed by atoms with E-state index in [1.54, 1.807) is 39.8 Å². The predicted molar refractivity (Wildman–Crippen MR) is 64.9 cm³/mol. The van der Waals surface area contributed by atoms with Gasteiger partial charge in [-0.25, -0.2) is 4.79 Å². The molecule has 0 saturated carbocycles. The summed E-state index contributed by atoms with van der Waals surface area (Å²) in [5.74, 6) is -0.908. The molecule has 1 amide bonds. The Bertz CT molecular complexity index is 458. The van der Waals surface area contributed by atoms with E-state index in [1.807, 2.05) is 0 Å². The van der Waals surface area contributed by atoms with E-state index in [4.69, 9.17) is 10.5 Å². The minimum Gasteiger partial charge on any atom is -0.456 e. The lowest BCUT2D eigenvalue weighted by Crippen LogP contribution is -2.24. The van der Waals surface area contributed by atoms with Crippen molar-refractivity contribution in [3.63, 3.8) is 0 Å². The van der Waals surface area contributed by atoms with Gasteiger partial charge in [-0.3, -0.25) is 4.79 Å². The van der Waals surface area contributed by atoms with Crippen molar-refractivity contribution in [2.75, 3.05) is 0 Å². The molecule has 4 heteroatoms. The number of nitrogens with two attached hydrogens (primary N) is 1. The number of hydrogen-bond donors (Lipinski definition) is 1. The largest absolute Gasteiger partial charge is 0.456 e. The van der Waals surface area contributed by atoms with Crippen LogP contribution in [0.2, 0.25) is 0 Å². The van der Waals surface area contributed by atoms with Crippen molar-refractivity contribution in [3.05, 3.63) is 34.9 Å². The van der Waals surface area contributed by atoms with Crippen LogP contribution in [0.5, 0.6) is 0 Å². The van der Waals surface area contributed by atoms with E-state index in [0.29, 0.717) is 16.7 Å². The van der Waals surface area contributed by atoms with Crippen LogP contribution in [0.1, 0.15) is 47.1 Å². The number of esters is 1. The first-order valence-electron chi connectivity index (χ1n) is 5.34. The van der Waals surface area contributed by atoms with E-state index >= 15 is 0 Å². The van der Waals surface area contributed by atoms with E-state index < -0.39 is 17.5 Å². The van der Waals surface area contributed by atoms with Crippen LogP contribution >= 0.6 is 0 Å². The molecule has 0 aliphatic heterocycles. The summed E-state index contributed by atoms with van der Waals surface area (Å²) in [4.78, 5) is 22.8. The molecule has 0 aromatic heterocycles. The van der Waals surface area contributed by atoms with Gasteiger partial charge in [-0.15, -0.1) is 0 Å². The minimum absolute atomic E-state index is 0.384. The van der Waals surface area contributed by atoms with Crippen LogP contribution in [0.25, 0.3) is 0 Å². The fraction of sp³-hybridized carbons (Fsp3) is 0.385. The topological polar surface area (TPSA) is 69.4 Å². The average Bonchev–Trinajstić information content (AvgIpc) is 2.14. The van der Waals surface area contributed by atoms with Gasteiger partial charge in [-0.1, -0.05) is 0 Å². The summed E-state index contributed by atoms with van der Waals surface area (Å²) in [6, 6.07) is 4.67. The van der Waals surface area contributed by atoms with Crippen LogP contribution in [0.3, 0.4) is 0 Å².